The fourth-order valence-corrected chi connectivity index (χ4v) is 1.84. The van der Waals surface area contributed by atoms with Gasteiger partial charge in [0.1, 0.15) is 5.84 Å². The van der Waals surface area contributed by atoms with E-state index in [-0.39, 0.29) is 18.3 Å². The van der Waals surface area contributed by atoms with E-state index in [0.717, 1.165) is 5.57 Å². The molecule has 0 aromatic rings. The molecule has 1 heterocycles. The molecular formula is C10H12N4O3. The highest BCUT2D eigenvalue weighted by Crippen LogP contribution is 2.29. The van der Waals surface area contributed by atoms with Crippen LogP contribution in [0.15, 0.2) is 28.5 Å². The van der Waals surface area contributed by atoms with E-state index in [0.29, 0.717) is 18.0 Å². The van der Waals surface area contributed by atoms with Gasteiger partial charge in [0.15, 0.2) is 5.78 Å². The summed E-state index contributed by atoms with van der Waals surface area (Å²) in [6.07, 6.45) is 3.52. The van der Waals surface area contributed by atoms with Crippen LogP contribution in [-0.4, -0.2) is 29.4 Å². The number of nitrogens with one attached hydrogen (secondary N) is 2. The van der Waals surface area contributed by atoms with Crippen molar-refractivity contribution in [3.8, 4) is 0 Å². The number of primary amides is 1. The van der Waals surface area contributed by atoms with E-state index < -0.39 is 6.03 Å². The van der Waals surface area contributed by atoms with E-state index in [4.69, 9.17) is 5.73 Å². The largest absolute Gasteiger partial charge is 0.395 e. The number of nitrogens with zero attached hydrogens (tertiary/aromatic N) is 1. The summed E-state index contributed by atoms with van der Waals surface area (Å²) in [6, 6.07) is -0.787. The molecule has 0 spiro atoms. The monoisotopic (exact) mass is 236 g/mol. The van der Waals surface area contributed by atoms with Gasteiger partial charge in [-0.15, -0.1) is 0 Å². The lowest BCUT2D eigenvalue weighted by atomic mass is 9.95. The Kier molecular flexibility index (Phi) is 2.92. The van der Waals surface area contributed by atoms with Crippen LogP contribution in [-0.2, 0) is 4.79 Å². The van der Waals surface area contributed by atoms with Gasteiger partial charge in [-0.25, -0.2) is 10.2 Å². The van der Waals surface area contributed by atoms with Crippen molar-refractivity contribution < 1.29 is 14.7 Å². The van der Waals surface area contributed by atoms with Crippen molar-refractivity contribution in [1.29, 1.82) is 0 Å². The Balaban J connectivity index is 2.27. The van der Waals surface area contributed by atoms with Crippen molar-refractivity contribution in [2.75, 3.05) is 6.61 Å². The highest BCUT2D eigenvalue weighted by molar-refractivity contribution is 6.01. The number of ketones is 1. The minimum absolute atomic E-state index is 0.0166. The first-order valence-electron chi connectivity index (χ1n) is 5.07. The van der Waals surface area contributed by atoms with Crippen molar-refractivity contribution in [3.05, 3.63) is 23.4 Å². The highest BCUT2D eigenvalue weighted by Gasteiger charge is 2.33. The number of rotatable bonds is 2. The molecule has 0 unspecified atom stereocenters. The number of aliphatic hydroxyl groups excluding tert-OH is 1. The number of amides is 2. The van der Waals surface area contributed by atoms with Crippen molar-refractivity contribution >= 4 is 17.6 Å². The number of fused-ring (bicyclic) bond motifs is 1. The second kappa shape index (κ2) is 4.38. The van der Waals surface area contributed by atoms with Crippen LogP contribution in [0.4, 0.5) is 4.79 Å². The van der Waals surface area contributed by atoms with Gasteiger partial charge < -0.3 is 16.2 Å². The Morgan fingerprint density at radius 1 is 1.71 bits per heavy atom. The van der Waals surface area contributed by atoms with E-state index in [9.17, 15) is 14.7 Å². The van der Waals surface area contributed by atoms with Gasteiger partial charge in [0, 0.05) is 18.2 Å². The second-order valence-electron chi connectivity index (χ2n) is 3.72. The van der Waals surface area contributed by atoms with Gasteiger partial charge in [-0.1, -0.05) is 6.08 Å². The van der Waals surface area contributed by atoms with Crippen LogP contribution < -0.4 is 16.5 Å². The Hall–Kier alpha value is -2.15. The highest BCUT2D eigenvalue weighted by atomic mass is 16.3. The Morgan fingerprint density at radius 3 is 3.12 bits per heavy atom. The van der Waals surface area contributed by atoms with Crippen molar-refractivity contribution in [3.63, 3.8) is 0 Å². The molecule has 1 aliphatic carbocycles. The predicted molar refractivity (Wildman–Crippen MR) is 59.7 cm³/mol. The van der Waals surface area contributed by atoms with Crippen molar-refractivity contribution in [1.82, 2.24) is 10.7 Å². The maximum atomic E-state index is 11.2. The normalized spacial score (nSPS) is 24.9. The zero-order chi connectivity index (χ0) is 12.4. The summed E-state index contributed by atoms with van der Waals surface area (Å²) in [5, 5.41) is 15.9. The van der Waals surface area contributed by atoms with Gasteiger partial charge in [0.25, 0.3) is 0 Å². The number of urea groups is 1. The molecule has 0 aromatic carbocycles. The number of hydrogen-bond acceptors (Lipinski definition) is 4. The van der Waals surface area contributed by atoms with E-state index in [1.165, 1.54) is 6.08 Å². The van der Waals surface area contributed by atoms with Crippen molar-refractivity contribution in [2.24, 2.45) is 16.8 Å². The molecule has 0 bridgehead atoms. The standard InChI is InChI=1S/C10H12N4O3/c11-10(17)14-13-9-7(4-15)6-2-1-5(16)3-8(6)12-9/h2-3,7,15H,1,4H2,(H,12,13)(H3,11,14,17)/t7-/m0/s1. The smallest absolute Gasteiger partial charge is 0.332 e. The molecule has 90 valence electrons. The SMILES string of the molecule is NC(=O)NN=C1NC2=CC(=O)CC=C2[C@@H]1CO. The molecular weight excluding hydrogens is 224 g/mol. The first-order valence-corrected chi connectivity index (χ1v) is 5.07. The Bertz CT molecular complexity index is 464. The Morgan fingerprint density at radius 2 is 2.47 bits per heavy atom. The predicted octanol–water partition coefficient (Wildman–Crippen LogP) is -1.04. The molecule has 7 heteroatoms. The third-order valence-corrected chi connectivity index (χ3v) is 2.58. The minimum atomic E-state index is -0.787. The molecule has 0 radical (unpaired) electrons. The van der Waals surface area contributed by atoms with Crippen LogP contribution in [0.3, 0.4) is 0 Å². The number of nitrogens with two attached hydrogens (primary N) is 1. The van der Waals surface area contributed by atoms with E-state index in [2.05, 4.69) is 15.8 Å². The van der Waals surface area contributed by atoms with Crippen LogP contribution in [0.2, 0.25) is 0 Å². The first-order chi connectivity index (χ1) is 8.11. The third-order valence-electron chi connectivity index (χ3n) is 2.58. The number of carbonyl (C=O) groups excluding carboxylic acids is 2. The van der Waals surface area contributed by atoms with Crippen LogP contribution >= 0.6 is 0 Å². The second-order valence-corrected chi connectivity index (χ2v) is 3.72. The topological polar surface area (TPSA) is 117 Å². The summed E-state index contributed by atoms with van der Waals surface area (Å²) in [7, 11) is 0. The summed E-state index contributed by atoms with van der Waals surface area (Å²) in [6.45, 7) is -0.163. The number of hydrazone groups is 1. The molecule has 1 saturated heterocycles. The average molecular weight is 236 g/mol. The Labute approximate surface area is 97.1 Å². The number of aliphatic hydroxyl groups is 1. The molecule has 2 amide bonds. The van der Waals surface area contributed by atoms with Crippen LogP contribution in [0.5, 0.6) is 0 Å². The van der Waals surface area contributed by atoms with E-state index >= 15 is 0 Å². The van der Waals surface area contributed by atoms with Gasteiger partial charge in [-0.3, -0.25) is 4.79 Å². The fourth-order valence-electron chi connectivity index (χ4n) is 1.84. The molecule has 2 rings (SSSR count). The van der Waals surface area contributed by atoms with Gasteiger partial charge in [0.2, 0.25) is 0 Å². The summed E-state index contributed by atoms with van der Waals surface area (Å²) < 4.78 is 0. The van der Waals surface area contributed by atoms with Crippen LogP contribution in [0.25, 0.3) is 0 Å². The molecule has 0 saturated carbocycles. The van der Waals surface area contributed by atoms with Gasteiger partial charge in [-0.2, -0.15) is 5.10 Å². The van der Waals surface area contributed by atoms with Gasteiger partial charge >= 0.3 is 6.03 Å². The number of carbonyl (C=O) groups is 2. The average Bonchev–Trinajstić information content (AvgIpc) is 2.62. The lowest BCUT2D eigenvalue weighted by Crippen LogP contribution is -2.30. The molecule has 5 N–H and O–H groups in total. The number of amidine groups is 1. The first kappa shape index (κ1) is 11.3. The molecule has 2 aliphatic rings. The van der Waals surface area contributed by atoms with Gasteiger partial charge in [0.05, 0.1) is 12.5 Å². The summed E-state index contributed by atoms with van der Waals surface area (Å²) in [4.78, 5) is 21.8. The van der Waals surface area contributed by atoms with E-state index in [1.807, 2.05) is 0 Å². The van der Waals surface area contributed by atoms with Crippen LogP contribution in [0, 0.1) is 5.92 Å². The zero-order valence-electron chi connectivity index (χ0n) is 8.93. The number of allylic oxidation sites excluding steroid dienone is 3. The molecule has 7 nitrogen and oxygen atoms in total. The molecule has 1 fully saturated rings. The van der Waals surface area contributed by atoms with Crippen molar-refractivity contribution in [2.45, 2.75) is 6.42 Å². The maximum Gasteiger partial charge on any atom is 0.332 e. The molecule has 1 aliphatic heterocycles. The summed E-state index contributed by atoms with van der Waals surface area (Å²) in [5.74, 6) is -0.00301. The molecule has 0 aromatic heterocycles. The lowest BCUT2D eigenvalue weighted by Gasteiger charge is -2.09. The lowest BCUT2D eigenvalue weighted by molar-refractivity contribution is -0.114. The van der Waals surface area contributed by atoms with E-state index in [1.54, 1.807) is 6.08 Å². The minimum Gasteiger partial charge on any atom is -0.395 e. The third kappa shape index (κ3) is 2.18. The molecule has 1 atom stereocenters. The summed E-state index contributed by atoms with van der Waals surface area (Å²) >= 11 is 0. The summed E-state index contributed by atoms with van der Waals surface area (Å²) in [5.41, 5.74) is 8.41. The number of hydrogen-bond donors (Lipinski definition) is 4. The maximum absolute atomic E-state index is 11.2. The van der Waals surface area contributed by atoms with Crippen LogP contribution in [0.1, 0.15) is 6.42 Å². The quantitative estimate of drug-likeness (QED) is 0.458. The van der Waals surface area contributed by atoms with Gasteiger partial charge in [-0.05, 0) is 5.57 Å². The molecule has 17 heavy (non-hydrogen) atoms. The zero-order valence-corrected chi connectivity index (χ0v) is 8.93. The fraction of sp³-hybridized carbons (Fsp3) is 0.300.